The van der Waals surface area contributed by atoms with E-state index in [0.29, 0.717) is 5.75 Å². The summed E-state index contributed by atoms with van der Waals surface area (Å²) in [5, 5.41) is 8.98. The number of benzene rings is 1. The Morgan fingerprint density at radius 1 is 1.50 bits per heavy atom. The number of amides is 1. The SMILES string of the molecule is CC(Oc1cccc(F)c1)C(=O)N(C)C(C)CO. The highest BCUT2D eigenvalue weighted by Gasteiger charge is 2.22. The number of aliphatic hydroxyl groups excluding tert-OH is 1. The van der Waals surface area contributed by atoms with Gasteiger partial charge in [-0.3, -0.25) is 4.79 Å². The molecule has 18 heavy (non-hydrogen) atoms. The molecule has 0 saturated heterocycles. The van der Waals surface area contributed by atoms with Crippen LogP contribution in [0.25, 0.3) is 0 Å². The zero-order valence-electron chi connectivity index (χ0n) is 10.8. The number of halogens is 1. The fourth-order valence-corrected chi connectivity index (χ4v) is 1.42. The van der Waals surface area contributed by atoms with Crippen LogP contribution in [-0.4, -0.2) is 41.7 Å². The van der Waals surface area contributed by atoms with Crippen LogP contribution in [0.4, 0.5) is 4.39 Å². The fourth-order valence-electron chi connectivity index (χ4n) is 1.42. The van der Waals surface area contributed by atoms with Crippen molar-refractivity contribution >= 4 is 5.91 Å². The molecule has 0 aliphatic heterocycles. The Bertz CT molecular complexity index is 411. The number of hydrogen-bond donors (Lipinski definition) is 1. The van der Waals surface area contributed by atoms with E-state index in [1.165, 1.54) is 23.1 Å². The molecule has 1 N–H and O–H groups in total. The second-order valence-electron chi connectivity index (χ2n) is 4.20. The Morgan fingerprint density at radius 2 is 2.17 bits per heavy atom. The molecule has 1 aromatic carbocycles. The van der Waals surface area contributed by atoms with Gasteiger partial charge in [-0.2, -0.15) is 0 Å². The zero-order chi connectivity index (χ0) is 13.7. The lowest BCUT2D eigenvalue weighted by molar-refractivity contribution is -0.139. The van der Waals surface area contributed by atoms with Gasteiger partial charge in [0.1, 0.15) is 11.6 Å². The minimum Gasteiger partial charge on any atom is -0.481 e. The van der Waals surface area contributed by atoms with Crippen LogP contribution in [0.15, 0.2) is 24.3 Å². The Hall–Kier alpha value is -1.62. The van der Waals surface area contributed by atoms with Crippen LogP contribution in [-0.2, 0) is 4.79 Å². The third-order valence-electron chi connectivity index (χ3n) is 2.73. The topological polar surface area (TPSA) is 49.8 Å². The number of carbonyl (C=O) groups is 1. The molecule has 0 radical (unpaired) electrons. The third-order valence-corrected chi connectivity index (χ3v) is 2.73. The van der Waals surface area contributed by atoms with Crippen molar-refractivity contribution in [3.8, 4) is 5.75 Å². The Labute approximate surface area is 106 Å². The number of nitrogens with zero attached hydrogens (tertiary/aromatic N) is 1. The monoisotopic (exact) mass is 255 g/mol. The summed E-state index contributed by atoms with van der Waals surface area (Å²) < 4.78 is 18.3. The van der Waals surface area contributed by atoms with Crippen molar-refractivity contribution in [1.29, 1.82) is 0 Å². The van der Waals surface area contributed by atoms with Crippen molar-refractivity contribution in [2.75, 3.05) is 13.7 Å². The molecule has 0 aliphatic rings. The molecule has 5 heteroatoms. The number of aliphatic hydroxyl groups is 1. The van der Waals surface area contributed by atoms with Gasteiger partial charge < -0.3 is 14.7 Å². The summed E-state index contributed by atoms with van der Waals surface area (Å²) in [5.74, 6) is -0.369. The standard InChI is InChI=1S/C13H18FNO3/c1-9(8-16)15(3)13(17)10(2)18-12-6-4-5-11(14)7-12/h4-7,9-10,16H,8H2,1-3H3. The lowest BCUT2D eigenvalue weighted by atomic mass is 10.2. The van der Waals surface area contributed by atoms with Gasteiger partial charge in [0.2, 0.25) is 0 Å². The summed E-state index contributed by atoms with van der Waals surface area (Å²) in [4.78, 5) is 13.3. The minimum absolute atomic E-state index is 0.116. The first-order chi connectivity index (χ1) is 8.45. The Kier molecular flexibility index (Phi) is 5.09. The van der Waals surface area contributed by atoms with Crippen LogP contribution in [0.2, 0.25) is 0 Å². The summed E-state index contributed by atoms with van der Waals surface area (Å²) in [6.45, 7) is 3.20. The number of hydrogen-bond acceptors (Lipinski definition) is 3. The van der Waals surface area contributed by atoms with Gasteiger partial charge in [0.25, 0.3) is 5.91 Å². The summed E-state index contributed by atoms with van der Waals surface area (Å²) in [5.41, 5.74) is 0. The number of likely N-dealkylation sites (N-methyl/N-ethyl adjacent to an activating group) is 1. The molecule has 0 heterocycles. The molecule has 0 fully saturated rings. The van der Waals surface area contributed by atoms with Crippen molar-refractivity contribution in [3.63, 3.8) is 0 Å². The average molecular weight is 255 g/mol. The molecule has 100 valence electrons. The molecular weight excluding hydrogens is 237 g/mol. The van der Waals surface area contributed by atoms with E-state index in [9.17, 15) is 9.18 Å². The molecular formula is C13H18FNO3. The average Bonchev–Trinajstić information content (AvgIpc) is 2.36. The van der Waals surface area contributed by atoms with Crippen LogP contribution in [0.3, 0.4) is 0 Å². The van der Waals surface area contributed by atoms with Crippen LogP contribution in [0.5, 0.6) is 5.75 Å². The van der Waals surface area contributed by atoms with Gasteiger partial charge >= 0.3 is 0 Å². The van der Waals surface area contributed by atoms with Gasteiger partial charge in [-0.1, -0.05) is 6.07 Å². The van der Waals surface area contributed by atoms with E-state index in [0.717, 1.165) is 0 Å². The predicted octanol–water partition coefficient (Wildman–Crippen LogP) is 1.43. The van der Waals surface area contributed by atoms with Crippen LogP contribution in [0.1, 0.15) is 13.8 Å². The Morgan fingerprint density at radius 3 is 2.72 bits per heavy atom. The van der Waals surface area contributed by atoms with Crippen molar-refractivity contribution in [2.24, 2.45) is 0 Å². The van der Waals surface area contributed by atoms with Crippen molar-refractivity contribution in [1.82, 2.24) is 4.90 Å². The van der Waals surface area contributed by atoms with Gasteiger partial charge in [0, 0.05) is 13.1 Å². The van der Waals surface area contributed by atoms with Gasteiger partial charge in [-0.05, 0) is 26.0 Å². The van der Waals surface area contributed by atoms with E-state index >= 15 is 0 Å². The summed E-state index contributed by atoms with van der Waals surface area (Å²) >= 11 is 0. The molecule has 1 rings (SSSR count). The van der Waals surface area contributed by atoms with Gasteiger partial charge in [0.15, 0.2) is 6.10 Å². The van der Waals surface area contributed by atoms with Crippen molar-refractivity contribution < 1.29 is 19.0 Å². The third kappa shape index (κ3) is 3.70. The summed E-state index contributed by atoms with van der Waals surface area (Å²) in [6.07, 6.45) is -0.731. The quantitative estimate of drug-likeness (QED) is 0.866. The first kappa shape index (κ1) is 14.4. The van der Waals surface area contributed by atoms with E-state index in [2.05, 4.69) is 0 Å². The van der Waals surface area contributed by atoms with Gasteiger partial charge in [0.05, 0.1) is 12.6 Å². The molecule has 2 unspecified atom stereocenters. The molecule has 0 aliphatic carbocycles. The Balaban J connectivity index is 2.65. The number of carbonyl (C=O) groups excluding carboxylic acids is 1. The molecule has 0 bridgehead atoms. The smallest absolute Gasteiger partial charge is 0.263 e. The highest BCUT2D eigenvalue weighted by Crippen LogP contribution is 2.14. The second kappa shape index (κ2) is 6.35. The van der Waals surface area contributed by atoms with Crippen molar-refractivity contribution in [3.05, 3.63) is 30.1 Å². The van der Waals surface area contributed by atoms with E-state index in [1.54, 1.807) is 27.0 Å². The van der Waals surface area contributed by atoms with E-state index in [1.807, 2.05) is 0 Å². The van der Waals surface area contributed by atoms with Crippen molar-refractivity contribution in [2.45, 2.75) is 26.0 Å². The maximum absolute atomic E-state index is 13.0. The van der Waals surface area contributed by atoms with Crippen LogP contribution in [0, 0.1) is 5.82 Å². The second-order valence-corrected chi connectivity index (χ2v) is 4.20. The van der Waals surface area contributed by atoms with E-state index < -0.39 is 11.9 Å². The lowest BCUT2D eigenvalue weighted by Gasteiger charge is -2.26. The van der Waals surface area contributed by atoms with E-state index in [-0.39, 0.29) is 18.6 Å². The zero-order valence-corrected chi connectivity index (χ0v) is 10.8. The van der Waals surface area contributed by atoms with E-state index in [4.69, 9.17) is 9.84 Å². The molecule has 4 nitrogen and oxygen atoms in total. The van der Waals surface area contributed by atoms with Crippen LogP contribution >= 0.6 is 0 Å². The predicted molar refractivity (Wildman–Crippen MR) is 65.8 cm³/mol. The maximum Gasteiger partial charge on any atom is 0.263 e. The van der Waals surface area contributed by atoms with Crippen LogP contribution < -0.4 is 4.74 Å². The highest BCUT2D eigenvalue weighted by molar-refractivity contribution is 5.80. The largest absolute Gasteiger partial charge is 0.481 e. The number of ether oxygens (including phenoxy) is 1. The first-order valence-corrected chi connectivity index (χ1v) is 5.75. The summed E-state index contributed by atoms with van der Waals surface area (Å²) in [7, 11) is 1.59. The normalized spacial score (nSPS) is 13.8. The van der Waals surface area contributed by atoms with Gasteiger partial charge in [-0.25, -0.2) is 4.39 Å². The molecule has 0 saturated carbocycles. The molecule has 0 spiro atoms. The molecule has 2 atom stereocenters. The minimum atomic E-state index is -0.731. The molecule has 1 aromatic rings. The lowest BCUT2D eigenvalue weighted by Crippen LogP contribution is -2.44. The fraction of sp³-hybridized carbons (Fsp3) is 0.462. The first-order valence-electron chi connectivity index (χ1n) is 5.75. The summed E-state index contributed by atoms with van der Waals surface area (Å²) in [6, 6.07) is 5.35. The number of rotatable bonds is 5. The van der Waals surface area contributed by atoms with Gasteiger partial charge in [-0.15, -0.1) is 0 Å². The molecule has 1 amide bonds. The molecule has 0 aromatic heterocycles. The maximum atomic E-state index is 13.0. The highest BCUT2D eigenvalue weighted by atomic mass is 19.1.